The Morgan fingerprint density at radius 1 is 1.53 bits per heavy atom. The zero-order valence-corrected chi connectivity index (χ0v) is 9.52. The Morgan fingerprint density at radius 2 is 2.13 bits per heavy atom. The molecule has 3 nitrogen and oxygen atoms in total. The molecule has 0 fully saturated rings. The van der Waals surface area contributed by atoms with Gasteiger partial charge in [0.1, 0.15) is 11.0 Å². The molecule has 82 valence electrons. The molecule has 0 radical (unpaired) electrons. The third kappa shape index (κ3) is 3.47. The van der Waals surface area contributed by atoms with E-state index in [4.69, 9.17) is 11.6 Å². The highest BCUT2D eigenvalue weighted by atomic mass is 35.5. The topological polar surface area (TPSA) is 42.0 Å². The van der Waals surface area contributed by atoms with Gasteiger partial charge >= 0.3 is 0 Å². The number of pyridine rings is 1. The van der Waals surface area contributed by atoms with E-state index in [2.05, 4.69) is 10.3 Å². The van der Waals surface area contributed by atoms with Gasteiger partial charge in [0.05, 0.1) is 11.8 Å². The third-order valence-electron chi connectivity index (χ3n) is 1.54. The number of halogens is 2. The number of amides is 1. The Labute approximate surface area is 92.7 Å². The minimum atomic E-state index is -0.585. The molecule has 1 aromatic rings. The zero-order valence-electron chi connectivity index (χ0n) is 8.77. The molecule has 1 amide bonds. The van der Waals surface area contributed by atoms with Gasteiger partial charge in [-0.1, -0.05) is 11.6 Å². The number of rotatable bonds is 1. The number of hydrogen-bond acceptors (Lipinski definition) is 2. The lowest BCUT2D eigenvalue weighted by Gasteiger charge is -2.20. The second-order valence-corrected chi connectivity index (χ2v) is 4.55. The first-order valence-corrected chi connectivity index (χ1v) is 4.81. The van der Waals surface area contributed by atoms with Crippen LogP contribution in [-0.2, 0) is 0 Å². The maximum atomic E-state index is 12.8. The highest BCUT2D eigenvalue weighted by Gasteiger charge is 2.18. The van der Waals surface area contributed by atoms with Crippen molar-refractivity contribution in [3.8, 4) is 0 Å². The van der Waals surface area contributed by atoms with Crippen molar-refractivity contribution in [2.45, 2.75) is 26.3 Å². The molecule has 0 spiro atoms. The van der Waals surface area contributed by atoms with E-state index in [9.17, 15) is 9.18 Å². The van der Waals surface area contributed by atoms with Crippen molar-refractivity contribution in [1.82, 2.24) is 10.3 Å². The van der Waals surface area contributed by atoms with E-state index in [1.165, 1.54) is 0 Å². The summed E-state index contributed by atoms with van der Waals surface area (Å²) in [6.07, 6.45) is 0.968. The molecule has 0 atom stereocenters. The number of hydrogen-bond donors (Lipinski definition) is 1. The smallest absolute Gasteiger partial charge is 0.254 e. The first-order chi connectivity index (χ1) is 6.79. The fraction of sp³-hybridized carbons (Fsp3) is 0.400. The number of carbonyl (C=O) groups excluding carboxylic acids is 1. The lowest BCUT2D eigenvalue weighted by Crippen LogP contribution is -2.40. The van der Waals surface area contributed by atoms with Crippen molar-refractivity contribution in [2.24, 2.45) is 0 Å². The van der Waals surface area contributed by atoms with Crippen LogP contribution >= 0.6 is 11.6 Å². The molecule has 0 saturated carbocycles. The fourth-order valence-electron chi connectivity index (χ4n) is 0.990. The Kier molecular flexibility index (Phi) is 3.29. The molecule has 0 aliphatic carbocycles. The van der Waals surface area contributed by atoms with Gasteiger partial charge in [-0.15, -0.1) is 0 Å². The number of nitrogens with zero attached hydrogens (tertiary/aromatic N) is 1. The van der Waals surface area contributed by atoms with Crippen LogP contribution in [0.2, 0.25) is 5.15 Å². The average molecular weight is 231 g/mol. The highest BCUT2D eigenvalue weighted by molar-refractivity contribution is 6.32. The summed E-state index contributed by atoms with van der Waals surface area (Å²) in [6, 6.07) is 1.07. The first kappa shape index (κ1) is 11.9. The molecule has 0 unspecified atom stereocenters. The maximum absolute atomic E-state index is 12.8. The molecule has 1 N–H and O–H groups in total. The molecule has 1 rings (SSSR count). The van der Waals surface area contributed by atoms with Crippen molar-refractivity contribution in [1.29, 1.82) is 0 Å². The SMILES string of the molecule is CC(C)(C)NC(=O)c1cc(F)cnc1Cl. The predicted molar refractivity (Wildman–Crippen MR) is 56.4 cm³/mol. The molecule has 0 aromatic carbocycles. The van der Waals surface area contributed by atoms with Crippen LogP contribution in [0.3, 0.4) is 0 Å². The Morgan fingerprint density at radius 3 is 2.67 bits per heavy atom. The van der Waals surface area contributed by atoms with E-state index >= 15 is 0 Å². The van der Waals surface area contributed by atoms with Crippen LogP contribution in [0.15, 0.2) is 12.3 Å². The van der Waals surface area contributed by atoms with Crippen molar-refractivity contribution < 1.29 is 9.18 Å². The van der Waals surface area contributed by atoms with Gasteiger partial charge in [0.2, 0.25) is 0 Å². The molecule has 0 bridgehead atoms. The molecule has 15 heavy (non-hydrogen) atoms. The summed E-state index contributed by atoms with van der Waals surface area (Å²) in [5, 5.41) is 2.67. The lowest BCUT2D eigenvalue weighted by molar-refractivity contribution is 0.0919. The van der Waals surface area contributed by atoms with Gasteiger partial charge in [0.15, 0.2) is 0 Å². The van der Waals surface area contributed by atoms with Crippen LogP contribution < -0.4 is 5.32 Å². The molecular weight excluding hydrogens is 219 g/mol. The second-order valence-electron chi connectivity index (χ2n) is 4.20. The number of aromatic nitrogens is 1. The maximum Gasteiger partial charge on any atom is 0.254 e. The summed E-state index contributed by atoms with van der Waals surface area (Å²) in [5.74, 6) is -1.02. The van der Waals surface area contributed by atoms with Crippen LogP contribution in [0.1, 0.15) is 31.1 Å². The molecule has 0 saturated heterocycles. The molecule has 1 heterocycles. The first-order valence-electron chi connectivity index (χ1n) is 4.43. The molecule has 1 aromatic heterocycles. The number of carbonyl (C=O) groups is 1. The molecular formula is C10H12ClFN2O. The van der Waals surface area contributed by atoms with Crippen molar-refractivity contribution in [2.75, 3.05) is 0 Å². The van der Waals surface area contributed by atoms with Gasteiger partial charge in [-0.05, 0) is 26.8 Å². The normalized spacial score (nSPS) is 11.3. The van der Waals surface area contributed by atoms with Gasteiger partial charge in [0, 0.05) is 5.54 Å². The Bertz CT molecular complexity index is 387. The van der Waals surface area contributed by atoms with E-state index < -0.39 is 17.3 Å². The summed E-state index contributed by atoms with van der Waals surface area (Å²) in [4.78, 5) is 15.2. The standard InChI is InChI=1S/C10H12ClFN2O/c1-10(2,3)14-9(15)7-4-6(12)5-13-8(7)11/h4-5H,1-3H3,(H,14,15). The van der Waals surface area contributed by atoms with Crippen LogP contribution in [0, 0.1) is 5.82 Å². The van der Waals surface area contributed by atoms with Gasteiger partial charge in [0.25, 0.3) is 5.91 Å². The largest absolute Gasteiger partial charge is 0.347 e. The minimum Gasteiger partial charge on any atom is -0.347 e. The quantitative estimate of drug-likeness (QED) is 0.753. The van der Waals surface area contributed by atoms with Crippen LogP contribution in [0.5, 0.6) is 0 Å². The van der Waals surface area contributed by atoms with Crippen molar-refractivity contribution in [3.05, 3.63) is 28.8 Å². The van der Waals surface area contributed by atoms with E-state index in [1.807, 2.05) is 20.8 Å². The van der Waals surface area contributed by atoms with E-state index in [0.717, 1.165) is 12.3 Å². The van der Waals surface area contributed by atoms with Crippen LogP contribution in [-0.4, -0.2) is 16.4 Å². The minimum absolute atomic E-state index is 0.00171. The second kappa shape index (κ2) is 4.14. The monoisotopic (exact) mass is 230 g/mol. The molecule has 0 aliphatic rings. The third-order valence-corrected chi connectivity index (χ3v) is 1.84. The summed E-state index contributed by atoms with van der Waals surface area (Å²) >= 11 is 5.68. The van der Waals surface area contributed by atoms with E-state index in [1.54, 1.807) is 0 Å². The summed E-state index contributed by atoms with van der Waals surface area (Å²) in [5.41, 5.74) is -0.348. The summed E-state index contributed by atoms with van der Waals surface area (Å²) in [7, 11) is 0. The van der Waals surface area contributed by atoms with E-state index in [0.29, 0.717) is 0 Å². The van der Waals surface area contributed by atoms with Gasteiger partial charge in [-0.25, -0.2) is 9.37 Å². The van der Waals surface area contributed by atoms with E-state index in [-0.39, 0.29) is 10.7 Å². The summed E-state index contributed by atoms with van der Waals surface area (Å²) < 4.78 is 12.8. The van der Waals surface area contributed by atoms with Gasteiger partial charge < -0.3 is 5.32 Å². The van der Waals surface area contributed by atoms with Crippen LogP contribution in [0.4, 0.5) is 4.39 Å². The lowest BCUT2D eigenvalue weighted by atomic mass is 10.1. The number of nitrogens with one attached hydrogen (secondary N) is 1. The predicted octanol–water partition coefficient (Wildman–Crippen LogP) is 2.40. The van der Waals surface area contributed by atoms with Crippen LogP contribution in [0.25, 0.3) is 0 Å². The molecule has 0 aliphatic heterocycles. The fourth-order valence-corrected chi connectivity index (χ4v) is 1.18. The average Bonchev–Trinajstić information content (AvgIpc) is 2.06. The molecule has 5 heteroatoms. The Balaban J connectivity index is 2.96. The Hall–Kier alpha value is -1.16. The van der Waals surface area contributed by atoms with Crippen molar-refractivity contribution >= 4 is 17.5 Å². The highest BCUT2D eigenvalue weighted by Crippen LogP contribution is 2.14. The summed E-state index contributed by atoms with van der Waals surface area (Å²) in [6.45, 7) is 5.47. The zero-order chi connectivity index (χ0) is 11.6. The van der Waals surface area contributed by atoms with Gasteiger partial charge in [-0.3, -0.25) is 4.79 Å². The van der Waals surface area contributed by atoms with Gasteiger partial charge in [-0.2, -0.15) is 0 Å². The van der Waals surface area contributed by atoms with Crippen molar-refractivity contribution in [3.63, 3.8) is 0 Å².